The maximum absolute atomic E-state index is 4.51. The van der Waals surface area contributed by atoms with E-state index in [2.05, 4.69) is 40.4 Å². The van der Waals surface area contributed by atoms with Crippen molar-refractivity contribution in [2.24, 2.45) is 0 Å². The molecule has 0 amide bonds. The van der Waals surface area contributed by atoms with E-state index >= 15 is 0 Å². The Bertz CT molecular complexity index is 671. The quantitative estimate of drug-likeness (QED) is 0.545. The average Bonchev–Trinajstić information content (AvgIpc) is 3.51. The highest BCUT2D eigenvalue weighted by Gasteiger charge is 2.15. The molecule has 4 heterocycles. The molecular formula is C22H34N8. The van der Waals surface area contributed by atoms with E-state index in [4.69, 9.17) is 0 Å². The fraction of sp³-hybridized carbons (Fsp3) is 0.636. The molecule has 8 nitrogen and oxygen atoms in total. The van der Waals surface area contributed by atoms with Crippen LogP contribution in [0.5, 0.6) is 0 Å². The van der Waals surface area contributed by atoms with Crippen LogP contribution in [0.4, 0.5) is 11.9 Å². The molecule has 0 atom stereocenters. The van der Waals surface area contributed by atoms with Crippen LogP contribution in [0.25, 0.3) is 0 Å². The second kappa shape index (κ2) is 11.2. The zero-order chi connectivity index (χ0) is 20.4. The van der Waals surface area contributed by atoms with E-state index in [-0.39, 0.29) is 0 Å². The van der Waals surface area contributed by atoms with Crippen molar-refractivity contribution < 1.29 is 0 Å². The molecule has 0 aromatic carbocycles. The second-order valence-electron chi connectivity index (χ2n) is 8.23. The topological polar surface area (TPSA) is 82.1 Å². The van der Waals surface area contributed by atoms with Gasteiger partial charge in [-0.25, -0.2) is 19.9 Å². The van der Waals surface area contributed by atoms with Gasteiger partial charge >= 0.3 is 0 Å². The third kappa shape index (κ3) is 6.09. The van der Waals surface area contributed by atoms with Crippen LogP contribution in [0.1, 0.15) is 49.7 Å². The molecule has 2 aliphatic rings. The summed E-state index contributed by atoms with van der Waals surface area (Å²) in [4.78, 5) is 22.6. The molecule has 0 aliphatic carbocycles. The molecule has 0 saturated carbocycles. The van der Waals surface area contributed by atoms with Crippen molar-refractivity contribution >= 4 is 11.9 Å². The van der Waals surface area contributed by atoms with E-state index in [1.807, 2.05) is 24.8 Å². The predicted octanol–water partition coefficient (Wildman–Crippen LogP) is 2.13. The van der Waals surface area contributed by atoms with Crippen LogP contribution in [-0.2, 0) is 13.1 Å². The Balaban J connectivity index is 1.04. The highest BCUT2D eigenvalue weighted by atomic mass is 15.3. The molecule has 2 aromatic rings. The molecule has 2 aliphatic heterocycles. The zero-order valence-electron chi connectivity index (χ0n) is 17.9. The maximum Gasteiger partial charge on any atom is 0.225 e. The van der Waals surface area contributed by atoms with Gasteiger partial charge in [-0.15, -0.1) is 0 Å². The van der Waals surface area contributed by atoms with Crippen molar-refractivity contribution in [2.45, 2.75) is 51.6 Å². The van der Waals surface area contributed by atoms with E-state index in [1.165, 1.54) is 25.7 Å². The first-order chi connectivity index (χ1) is 14.9. The number of rotatable bonds is 11. The lowest BCUT2D eigenvalue weighted by Gasteiger charge is -2.14. The Morgan fingerprint density at radius 2 is 0.967 bits per heavy atom. The van der Waals surface area contributed by atoms with E-state index in [1.54, 1.807) is 0 Å². The van der Waals surface area contributed by atoms with E-state index in [9.17, 15) is 0 Å². The molecule has 0 radical (unpaired) electrons. The molecule has 2 saturated heterocycles. The third-order valence-electron chi connectivity index (χ3n) is 5.78. The number of nitrogens with one attached hydrogen (secondary N) is 2. The average molecular weight is 411 g/mol. The molecule has 30 heavy (non-hydrogen) atoms. The van der Waals surface area contributed by atoms with Crippen molar-refractivity contribution in [2.75, 3.05) is 49.1 Å². The standard InChI is InChI=1S/C22H34N8/c1(7-23-13-19-15-25-21(26-16-19)29-9-3-4-10-29)2-8-24-14-20-17-27-22(28-18-20)30-11-5-6-12-30/h15-18,23-24H,1-14H2. The Hall–Kier alpha value is -2.32. The van der Waals surface area contributed by atoms with Crippen molar-refractivity contribution in [3.8, 4) is 0 Å². The van der Waals surface area contributed by atoms with Crippen LogP contribution >= 0.6 is 0 Å². The van der Waals surface area contributed by atoms with Crippen LogP contribution in [0, 0.1) is 0 Å². The first kappa shape index (κ1) is 20.9. The molecule has 162 valence electrons. The van der Waals surface area contributed by atoms with Gasteiger partial charge in [0.2, 0.25) is 11.9 Å². The lowest BCUT2D eigenvalue weighted by Crippen LogP contribution is -2.22. The van der Waals surface area contributed by atoms with Gasteiger partial charge in [0.1, 0.15) is 0 Å². The minimum absolute atomic E-state index is 0.828. The molecule has 2 fully saturated rings. The highest BCUT2D eigenvalue weighted by molar-refractivity contribution is 5.31. The molecule has 0 unspecified atom stereocenters. The Labute approximate surface area is 179 Å². The first-order valence-electron chi connectivity index (χ1n) is 11.4. The smallest absolute Gasteiger partial charge is 0.225 e. The Morgan fingerprint density at radius 1 is 0.600 bits per heavy atom. The largest absolute Gasteiger partial charge is 0.341 e. The summed E-state index contributed by atoms with van der Waals surface area (Å²) in [7, 11) is 0. The first-order valence-corrected chi connectivity index (χ1v) is 11.4. The zero-order valence-corrected chi connectivity index (χ0v) is 17.9. The molecular weight excluding hydrogens is 376 g/mol. The van der Waals surface area contributed by atoms with Gasteiger partial charge in [0, 0.05) is 75.2 Å². The van der Waals surface area contributed by atoms with Gasteiger partial charge in [-0.2, -0.15) is 0 Å². The van der Waals surface area contributed by atoms with Gasteiger partial charge in [0.25, 0.3) is 0 Å². The van der Waals surface area contributed by atoms with E-state index < -0.39 is 0 Å². The Kier molecular flexibility index (Phi) is 7.80. The number of aromatic nitrogens is 4. The van der Waals surface area contributed by atoms with Crippen molar-refractivity contribution in [3.63, 3.8) is 0 Å². The van der Waals surface area contributed by atoms with Crippen molar-refractivity contribution in [1.29, 1.82) is 0 Å². The summed E-state index contributed by atoms with van der Waals surface area (Å²) in [5, 5.41) is 6.97. The molecule has 0 bridgehead atoms. The van der Waals surface area contributed by atoms with Crippen LogP contribution in [0.15, 0.2) is 24.8 Å². The molecule has 0 spiro atoms. The third-order valence-corrected chi connectivity index (χ3v) is 5.78. The fourth-order valence-electron chi connectivity index (χ4n) is 4.00. The number of hydrogen-bond donors (Lipinski definition) is 2. The van der Waals surface area contributed by atoms with Gasteiger partial charge in [0.05, 0.1) is 0 Å². The van der Waals surface area contributed by atoms with Gasteiger partial charge < -0.3 is 20.4 Å². The second-order valence-corrected chi connectivity index (χ2v) is 8.23. The molecule has 2 N–H and O–H groups in total. The lowest BCUT2D eigenvalue weighted by atomic mass is 10.2. The molecule has 8 heteroatoms. The molecule has 4 rings (SSSR count). The maximum atomic E-state index is 4.51. The SMILES string of the molecule is c1nc(N2CCCC2)ncc1CNCCCCNCc1cnc(N2CCCC2)nc1. The minimum Gasteiger partial charge on any atom is -0.341 e. The summed E-state index contributed by atoms with van der Waals surface area (Å²) in [6, 6.07) is 0. The van der Waals surface area contributed by atoms with E-state index in [0.29, 0.717) is 0 Å². The van der Waals surface area contributed by atoms with Crippen LogP contribution in [0.3, 0.4) is 0 Å². The number of unbranched alkanes of at least 4 members (excludes halogenated alkanes) is 1. The summed E-state index contributed by atoms with van der Waals surface area (Å²) >= 11 is 0. The van der Waals surface area contributed by atoms with Gasteiger partial charge in [-0.3, -0.25) is 0 Å². The van der Waals surface area contributed by atoms with Gasteiger partial charge in [-0.05, 0) is 51.6 Å². The normalized spacial score (nSPS) is 16.5. The van der Waals surface area contributed by atoms with Gasteiger partial charge in [0.15, 0.2) is 0 Å². The summed E-state index contributed by atoms with van der Waals surface area (Å²) < 4.78 is 0. The number of hydrogen-bond acceptors (Lipinski definition) is 8. The van der Waals surface area contributed by atoms with Crippen LogP contribution in [-0.4, -0.2) is 59.2 Å². The highest BCUT2D eigenvalue weighted by Crippen LogP contribution is 2.15. The number of anilines is 2. The lowest BCUT2D eigenvalue weighted by molar-refractivity contribution is 0.580. The number of nitrogens with zero attached hydrogens (tertiary/aromatic N) is 6. The van der Waals surface area contributed by atoms with Crippen molar-refractivity contribution in [3.05, 3.63) is 35.9 Å². The molecule has 2 aromatic heterocycles. The summed E-state index contributed by atoms with van der Waals surface area (Å²) in [5.41, 5.74) is 2.29. The van der Waals surface area contributed by atoms with Crippen LogP contribution < -0.4 is 20.4 Å². The van der Waals surface area contributed by atoms with E-state index in [0.717, 1.165) is 88.2 Å². The Morgan fingerprint density at radius 3 is 1.33 bits per heavy atom. The summed E-state index contributed by atoms with van der Waals surface area (Å²) in [6.07, 6.45) is 15.1. The summed E-state index contributed by atoms with van der Waals surface area (Å²) in [6.45, 7) is 8.01. The van der Waals surface area contributed by atoms with Crippen LogP contribution in [0.2, 0.25) is 0 Å². The van der Waals surface area contributed by atoms with Gasteiger partial charge in [-0.1, -0.05) is 0 Å². The predicted molar refractivity (Wildman–Crippen MR) is 120 cm³/mol. The monoisotopic (exact) mass is 410 g/mol. The van der Waals surface area contributed by atoms with Crippen molar-refractivity contribution in [1.82, 2.24) is 30.6 Å². The minimum atomic E-state index is 0.828. The summed E-state index contributed by atoms with van der Waals surface area (Å²) in [5.74, 6) is 1.75. The fourth-order valence-corrected chi connectivity index (χ4v) is 4.00.